The third kappa shape index (κ3) is 5.27. The summed E-state index contributed by atoms with van der Waals surface area (Å²) in [6.45, 7) is 4.01. The van der Waals surface area contributed by atoms with E-state index in [1.54, 1.807) is 7.11 Å². The van der Waals surface area contributed by atoms with E-state index < -0.39 is 0 Å². The van der Waals surface area contributed by atoms with Crippen molar-refractivity contribution in [2.24, 2.45) is 0 Å². The Morgan fingerprint density at radius 1 is 1.31 bits per heavy atom. The highest BCUT2D eigenvalue weighted by molar-refractivity contribution is 14.1. The fraction of sp³-hybridized carbons (Fsp3) is 0.538. The first-order valence-electron chi connectivity index (χ1n) is 5.73. The number of hydrogen-bond donors (Lipinski definition) is 1. The Bertz CT molecular complexity index is 286. The Kier molecular flexibility index (Phi) is 7.00. The molecule has 0 saturated carbocycles. The SMILES string of the molecule is CCCNC(COC)Cc1ccc(I)cc1. The summed E-state index contributed by atoms with van der Waals surface area (Å²) in [7, 11) is 1.76. The van der Waals surface area contributed by atoms with E-state index in [2.05, 4.69) is 59.1 Å². The summed E-state index contributed by atoms with van der Waals surface area (Å²) in [5.41, 5.74) is 1.37. The number of rotatable bonds is 7. The molecule has 1 N–H and O–H groups in total. The van der Waals surface area contributed by atoms with Gasteiger partial charge in [0.2, 0.25) is 0 Å². The average molecular weight is 333 g/mol. The number of methoxy groups -OCH3 is 1. The van der Waals surface area contributed by atoms with Gasteiger partial charge in [0.1, 0.15) is 0 Å². The summed E-state index contributed by atoms with van der Waals surface area (Å²) in [6.07, 6.45) is 2.19. The van der Waals surface area contributed by atoms with Gasteiger partial charge < -0.3 is 10.1 Å². The summed E-state index contributed by atoms with van der Waals surface area (Å²) in [5.74, 6) is 0. The van der Waals surface area contributed by atoms with Crippen LogP contribution >= 0.6 is 22.6 Å². The summed E-state index contributed by atoms with van der Waals surface area (Å²) >= 11 is 2.33. The first kappa shape index (κ1) is 13.9. The number of halogens is 1. The zero-order chi connectivity index (χ0) is 11.8. The molecule has 0 saturated heterocycles. The number of nitrogens with one attached hydrogen (secondary N) is 1. The van der Waals surface area contributed by atoms with Crippen LogP contribution in [-0.2, 0) is 11.2 Å². The largest absolute Gasteiger partial charge is 0.383 e. The van der Waals surface area contributed by atoms with E-state index in [9.17, 15) is 0 Å². The maximum atomic E-state index is 5.23. The summed E-state index contributed by atoms with van der Waals surface area (Å²) < 4.78 is 6.52. The van der Waals surface area contributed by atoms with Gasteiger partial charge in [-0.3, -0.25) is 0 Å². The molecule has 1 aromatic carbocycles. The lowest BCUT2D eigenvalue weighted by Crippen LogP contribution is -2.35. The fourth-order valence-corrected chi connectivity index (χ4v) is 2.00. The van der Waals surface area contributed by atoms with Crippen LogP contribution in [0.25, 0.3) is 0 Å². The highest BCUT2D eigenvalue weighted by Gasteiger charge is 2.07. The van der Waals surface area contributed by atoms with Gasteiger partial charge >= 0.3 is 0 Å². The molecule has 16 heavy (non-hydrogen) atoms. The van der Waals surface area contributed by atoms with Crippen LogP contribution < -0.4 is 5.32 Å². The van der Waals surface area contributed by atoms with Gasteiger partial charge in [-0.1, -0.05) is 19.1 Å². The van der Waals surface area contributed by atoms with Gasteiger partial charge in [0, 0.05) is 16.7 Å². The lowest BCUT2D eigenvalue weighted by atomic mass is 10.1. The first-order valence-corrected chi connectivity index (χ1v) is 6.81. The number of hydrogen-bond acceptors (Lipinski definition) is 2. The minimum Gasteiger partial charge on any atom is -0.383 e. The Morgan fingerprint density at radius 2 is 2.00 bits per heavy atom. The minimum atomic E-state index is 0.421. The van der Waals surface area contributed by atoms with Gasteiger partial charge in [-0.25, -0.2) is 0 Å². The molecule has 0 aliphatic heterocycles. The molecule has 1 aromatic rings. The molecule has 0 amide bonds. The Balaban J connectivity index is 2.49. The van der Waals surface area contributed by atoms with Gasteiger partial charge in [-0.2, -0.15) is 0 Å². The van der Waals surface area contributed by atoms with Crippen LogP contribution in [-0.4, -0.2) is 26.3 Å². The second-order valence-electron chi connectivity index (χ2n) is 3.94. The molecule has 1 unspecified atom stereocenters. The topological polar surface area (TPSA) is 21.3 Å². The highest BCUT2D eigenvalue weighted by Crippen LogP contribution is 2.09. The number of ether oxygens (including phenoxy) is 1. The molecule has 0 bridgehead atoms. The summed E-state index contributed by atoms with van der Waals surface area (Å²) in [6, 6.07) is 9.11. The second-order valence-corrected chi connectivity index (χ2v) is 5.18. The van der Waals surface area contributed by atoms with Crippen molar-refractivity contribution >= 4 is 22.6 Å². The highest BCUT2D eigenvalue weighted by atomic mass is 127. The van der Waals surface area contributed by atoms with Crippen LogP contribution in [0.4, 0.5) is 0 Å². The maximum Gasteiger partial charge on any atom is 0.0619 e. The van der Waals surface area contributed by atoms with E-state index in [1.165, 1.54) is 9.13 Å². The molecule has 0 aliphatic rings. The molecule has 0 aliphatic carbocycles. The van der Waals surface area contributed by atoms with E-state index in [0.717, 1.165) is 26.0 Å². The fourth-order valence-electron chi connectivity index (χ4n) is 1.64. The van der Waals surface area contributed by atoms with Gasteiger partial charge in [0.25, 0.3) is 0 Å². The Hall–Kier alpha value is -0.130. The molecule has 3 heteroatoms. The average Bonchev–Trinajstić information content (AvgIpc) is 2.29. The lowest BCUT2D eigenvalue weighted by Gasteiger charge is -2.17. The Morgan fingerprint density at radius 3 is 2.56 bits per heavy atom. The van der Waals surface area contributed by atoms with Crippen molar-refractivity contribution in [3.05, 3.63) is 33.4 Å². The quantitative estimate of drug-likeness (QED) is 0.775. The van der Waals surface area contributed by atoms with E-state index in [1.807, 2.05) is 0 Å². The van der Waals surface area contributed by atoms with Gasteiger partial charge in [-0.05, 0) is 59.7 Å². The van der Waals surface area contributed by atoms with Crippen LogP contribution in [0.5, 0.6) is 0 Å². The summed E-state index contributed by atoms with van der Waals surface area (Å²) in [4.78, 5) is 0. The molecule has 2 nitrogen and oxygen atoms in total. The molecule has 0 aromatic heterocycles. The van der Waals surface area contributed by atoms with Crippen LogP contribution in [0.2, 0.25) is 0 Å². The molecule has 1 atom stereocenters. The smallest absolute Gasteiger partial charge is 0.0619 e. The molecule has 90 valence electrons. The lowest BCUT2D eigenvalue weighted by molar-refractivity contribution is 0.166. The zero-order valence-corrected chi connectivity index (χ0v) is 12.2. The van der Waals surface area contributed by atoms with Crippen molar-refractivity contribution in [3.8, 4) is 0 Å². The molecule has 0 fully saturated rings. The van der Waals surface area contributed by atoms with Gasteiger partial charge in [-0.15, -0.1) is 0 Å². The van der Waals surface area contributed by atoms with Crippen molar-refractivity contribution in [2.75, 3.05) is 20.3 Å². The predicted octanol–water partition coefficient (Wildman–Crippen LogP) is 2.85. The third-order valence-corrected chi connectivity index (χ3v) is 3.17. The van der Waals surface area contributed by atoms with Crippen molar-refractivity contribution in [2.45, 2.75) is 25.8 Å². The minimum absolute atomic E-state index is 0.421. The summed E-state index contributed by atoms with van der Waals surface area (Å²) in [5, 5.41) is 3.51. The monoisotopic (exact) mass is 333 g/mol. The van der Waals surface area contributed by atoms with Crippen molar-refractivity contribution in [3.63, 3.8) is 0 Å². The van der Waals surface area contributed by atoms with E-state index in [-0.39, 0.29) is 0 Å². The molecule has 0 heterocycles. The standard InChI is InChI=1S/C13H20INO/c1-3-8-15-13(10-16-2)9-11-4-6-12(14)7-5-11/h4-7,13,15H,3,8-10H2,1-2H3. The van der Waals surface area contributed by atoms with Crippen LogP contribution in [0.1, 0.15) is 18.9 Å². The molecular formula is C13H20INO. The van der Waals surface area contributed by atoms with Crippen LogP contribution in [0, 0.1) is 3.57 Å². The predicted molar refractivity (Wildman–Crippen MR) is 76.8 cm³/mol. The van der Waals surface area contributed by atoms with Crippen molar-refractivity contribution in [1.82, 2.24) is 5.32 Å². The van der Waals surface area contributed by atoms with Crippen molar-refractivity contribution in [1.29, 1.82) is 0 Å². The Labute approximate surface area is 112 Å². The van der Waals surface area contributed by atoms with Gasteiger partial charge in [0.15, 0.2) is 0 Å². The molecule has 0 radical (unpaired) electrons. The van der Waals surface area contributed by atoms with Crippen LogP contribution in [0.15, 0.2) is 24.3 Å². The first-order chi connectivity index (χ1) is 7.76. The zero-order valence-electron chi connectivity index (χ0n) is 10.0. The van der Waals surface area contributed by atoms with E-state index >= 15 is 0 Å². The second kappa shape index (κ2) is 8.03. The van der Waals surface area contributed by atoms with E-state index in [0.29, 0.717) is 6.04 Å². The van der Waals surface area contributed by atoms with E-state index in [4.69, 9.17) is 4.74 Å². The van der Waals surface area contributed by atoms with Gasteiger partial charge in [0.05, 0.1) is 6.61 Å². The molecular weight excluding hydrogens is 313 g/mol. The normalized spacial score (nSPS) is 12.7. The molecule has 1 rings (SSSR count). The third-order valence-electron chi connectivity index (χ3n) is 2.45. The maximum absolute atomic E-state index is 5.23. The number of benzene rings is 1. The van der Waals surface area contributed by atoms with Crippen molar-refractivity contribution < 1.29 is 4.74 Å². The molecule has 0 spiro atoms. The van der Waals surface area contributed by atoms with Crippen LogP contribution in [0.3, 0.4) is 0 Å².